The molecule has 0 fully saturated rings. The summed E-state index contributed by atoms with van der Waals surface area (Å²) in [7, 11) is 0. The molecule has 3 rings (SSSR count). The number of pyridine rings is 1. The van der Waals surface area contributed by atoms with Crippen molar-refractivity contribution in [3.8, 4) is 0 Å². The molecule has 0 unspecified atom stereocenters. The van der Waals surface area contributed by atoms with Crippen molar-refractivity contribution in [1.29, 1.82) is 0 Å². The summed E-state index contributed by atoms with van der Waals surface area (Å²) >= 11 is 0. The van der Waals surface area contributed by atoms with Gasteiger partial charge >= 0.3 is 0 Å². The van der Waals surface area contributed by atoms with Crippen molar-refractivity contribution in [2.24, 2.45) is 11.7 Å². The van der Waals surface area contributed by atoms with Crippen LogP contribution < -0.4 is 16.0 Å². The molecule has 0 saturated heterocycles. The molecule has 2 heterocycles. The lowest BCUT2D eigenvalue weighted by Gasteiger charge is -2.44. The summed E-state index contributed by atoms with van der Waals surface area (Å²) in [6.07, 6.45) is 1.14. The van der Waals surface area contributed by atoms with Crippen LogP contribution in [-0.2, 0) is 4.79 Å². The highest BCUT2D eigenvalue weighted by Gasteiger charge is 2.38. The number of amides is 2. The number of fused-ring (bicyclic) bond motifs is 1. The van der Waals surface area contributed by atoms with E-state index in [1.165, 1.54) is 13.0 Å². The van der Waals surface area contributed by atoms with E-state index in [1.54, 1.807) is 29.2 Å². The molecule has 7 heteroatoms. The van der Waals surface area contributed by atoms with Crippen molar-refractivity contribution in [1.82, 2.24) is 4.98 Å². The van der Waals surface area contributed by atoms with Gasteiger partial charge in [-0.3, -0.25) is 9.59 Å². The number of carbonyl (C=O) groups excluding carboxylic acids is 2. The molecule has 0 saturated carbocycles. The molecule has 0 bridgehead atoms. The first kappa shape index (κ1) is 17.8. The SMILES string of the molecule is CC(=O)N1c2ccc(C(N)=O)cc2[C@H](Nc2ccc(F)cn2)[C@@H](C)[C@@H]1C. The molecule has 1 aliphatic heterocycles. The molecule has 2 aromatic rings. The summed E-state index contributed by atoms with van der Waals surface area (Å²) in [5.74, 6) is -0.494. The van der Waals surface area contributed by atoms with Crippen LogP contribution in [0.25, 0.3) is 0 Å². The molecule has 3 atom stereocenters. The number of halogens is 1. The highest BCUT2D eigenvalue weighted by Crippen LogP contribution is 2.42. The Balaban J connectivity index is 2.09. The maximum atomic E-state index is 13.1. The number of anilines is 2. The summed E-state index contributed by atoms with van der Waals surface area (Å²) in [5.41, 5.74) is 7.31. The summed E-state index contributed by atoms with van der Waals surface area (Å²) in [4.78, 5) is 29.6. The normalized spacial score (nSPS) is 21.8. The van der Waals surface area contributed by atoms with Crippen LogP contribution in [0.5, 0.6) is 0 Å². The van der Waals surface area contributed by atoms with E-state index < -0.39 is 11.7 Å². The zero-order valence-electron chi connectivity index (χ0n) is 14.9. The van der Waals surface area contributed by atoms with Crippen molar-refractivity contribution in [2.45, 2.75) is 32.9 Å². The van der Waals surface area contributed by atoms with Gasteiger partial charge in [-0.25, -0.2) is 9.37 Å². The molecule has 0 spiro atoms. The first-order valence-electron chi connectivity index (χ1n) is 8.41. The Labute approximate surface area is 151 Å². The molecule has 1 aromatic heterocycles. The lowest BCUT2D eigenvalue weighted by molar-refractivity contribution is -0.117. The van der Waals surface area contributed by atoms with Gasteiger partial charge in [-0.05, 0) is 42.8 Å². The lowest BCUT2D eigenvalue weighted by Crippen LogP contribution is -2.48. The lowest BCUT2D eigenvalue weighted by atomic mass is 9.82. The van der Waals surface area contributed by atoms with E-state index in [2.05, 4.69) is 10.3 Å². The molecule has 1 aliphatic rings. The summed E-state index contributed by atoms with van der Waals surface area (Å²) in [6.45, 7) is 5.51. The van der Waals surface area contributed by atoms with E-state index in [4.69, 9.17) is 5.73 Å². The summed E-state index contributed by atoms with van der Waals surface area (Å²) in [5, 5.41) is 3.30. The van der Waals surface area contributed by atoms with E-state index in [9.17, 15) is 14.0 Å². The number of primary amides is 1. The highest BCUT2D eigenvalue weighted by atomic mass is 19.1. The Bertz CT molecular complexity index is 853. The van der Waals surface area contributed by atoms with Crippen molar-refractivity contribution in [3.05, 3.63) is 53.5 Å². The minimum atomic E-state index is -0.535. The number of aromatic nitrogens is 1. The quantitative estimate of drug-likeness (QED) is 0.885. The number of nitrogens with one attached hydrogen (secondary N) is 1. The minimum Gasteiger partial charge on any atom is -0.366 e. The maximum Gasteiger partial charge on any atom is 0.248 e. The van der Waals surface area contributed by atoms with Crippen LogP contribution >= 0.6 is 0 Å². The van der Waals surface area contributed by atoms with Crippen LogP contribution in [0.2, 0.25) is 0 Å². The fourth-order valence-corrected chi connectivity index (χ4v) is 3.48. The second-order valence-electron chi connectivity index (χ2n) is 6.61. The van der Waals surface area contributed by atoms with Crippen molar-refractivity contribution < 1.29 is 14.0 Å². The van der Waals surface area contributed by atoms with E-state index in [1.807, 2.05) is 13.8 Å². The fraction of sp³-hybridized carbons (Fsp3) is 0.316. The van der Waals surface area contributed by atoms with Gasteiger partial charge in [0.1, 0.15) is 11.6 Å². The number of hydrogen-bond donors (Lipinski definition) is 2. The van der Waals surface area contributed by atoms with Gasteiger partial charge in [-0.15, -0.1) is 0 Å². The second kappa shape index (κ2) is 6.74. The Kier molecular flexibility index (Phi) is 4.63. The predicted molar refractivity (Wildman–Crippen MR) is 97.3 cm³/mol. The number of nitrogens with two attached hydrogens (primary N) is 1. The summed E-state index contributed by atoms with van der Waals surface area (Å²) < 4.78 is 13.1. The van der Waals surface area contributed by atoms with Gasteiger partial charge < -0.3 is 16.0 Å². The average Bonchev–Trinajstić information content (AvgIpc) is 2.60. The second-order valence-corrected chi connectivity index (χ2v) is 6.61. The highest BCUT2D eigenvalue weighted by molar-refractivity contribution is 5.97. The number of carbonyl (C=O) groups is 2. The van der Waals surface area contributed by atoms with Gasteiger partial charge in [0, 0.05) is 30.1 Å². The van der Waals surface area contributed by atoms with Crippen molar-refractivity contribution in [3.63, 3.8) is 0 Å². The standard InChI is InChI=1S/C19H21FN4O2/c1-10-11(2)24(12(3)25)16-6-4-13(19(21)26)8-15(16)18(10)23-17-7-5-14(20)9-22-17/h4-11,18H,1-3H3,(H2,21,26)(H,22,23)/t10-,11-,18+/m0/s1. The van der Waals surface area contributed by atoms with Crippen LogP contribution in [0, 0.1) is 11.7 Å². The monoisotopic (exact) mass is 356 g/mol. The third kappa shape index (κ3) is 3.12. The molecule has 1 aromatic carbocycles. The van der Waals surface area contributed by atoms with E-state index in [0.717, 1.165) is 17.4 Å². The Morgan fingerprint density at radius 3 is 2.54 bits per heavy atom. The molecule has 26 heavy (non-hydrogen) atoms. The molecule has 0 radical (unpaired) electrons. The van der Waals surface area contributed by atoms with Crippen LogP contribution in [0.4, 0.5) is 15.9 Å². The first-order chi connectivity index (χ1) is 12.3. The Morgan fingerprint density at radius 2 is 1.96 bits per heavy atom. The Hall–Kier alpha value is -2.96. The van der Waals surface area contributed by atoms with Crippen LogP contribution in [-0.4, -0.2) is 22.8 Å². The topological polar surface area (TPSA) is 88.3 Å². The van der Waals surface area contributed by atoms with Gasteiger partial charge in [0.15, 0.2) is 0 Å². The van der Waals surface area contributed by atoms with Crippen LogP contribution in [0.3, 0.4) is 0 Å². The molecule has 0 aliphatic carbocycles. The largest absolute Gasteiger partial charge is 0.366 e. The first-order valence-corrected chi connectivity index (χ1v) is 8.41. The molecular formula is C19H21FN4O2. The van der Waals surface area contributed by atoms with Gasteiger partial charge in [-0.2, -0.15) is 0 Å². The van der Waals surface area contributed by atoms with Gasteiger partial charge in [0.2, 0.25) is 11.8 Å². The molecular weight excluding hydrogens is 335 g/mol. The summed E-state index contributed by atoms with van der Waals surface area (Å²) in [6, 6.07) is 7.66. The number of rotatable bonds is 3. The van der Waals surface area contributed by atoms with Gasteiger partial charge in [-0.1, -0.05) is 6.92 Å². The molecule has 3 N–H and O–H groups in total. The van der Waals surface area contributed by atoms with Crippen molar-refractivity contribution in [2.75, 3.05) is 10.2 Å². The fourth-order valence-electron chi connectivity index (χ4n) is 3.48. The minimum absolute atomic E-state index is 0.0152. The average molecular weight is 356 g/mol. The zero-order valence-corrected chi connectivity index (χ0v) is 14.9. The van der Waals surface area contributed by atoms with Crippen LogP contribution in [0.1, 0.15) is 42.7 Å². The zero-order chi connectivity index (χ0) is 19.0. The van der Waals surface area contributed by atoms with E-state index in [-0.39, 0.29) is 23.9 Å². The maximum absolute atomic E-state index is 13.1. The number of hydrogen-bond acceptors (Lipinski definition) is 4. The van der Waals surface area contributed by atoms with Crippen LogP contribution in [0.15, 0.2) is 36.5 Å². The number of benzene rings is 1. The number of nitrogens with zero attached hydrogens (tertiary/aromatic N) is 2. The third-order valence-corrected chi connectivity index (χ3v) is 4.97. The third-order valence-electron chi connectivity index (χ3n) is 4.97. The molecule has 2 amide bonds. The smallest absolute Gasteiger partial charge is 0.248 e. The van der Waals surface area contributed by atoms with E-state index >= 15 is 0 Å². The molecule has 6 nitrogen and oxygen atoms in total. The molecule has 136 valence electrons. The van der Waals surface area contributed by atoms with Crippen molar-refractivity contribution >= 4 is 23.3 Å². The van der Waals surface area contributed by atoms with E-state index in [0.29, 0.717) is 11.4 Å². The predicted octanol–water partition coefficient (Wildman–Crippen LogP) is 2.86. The van der Waals surface area contributed by atoms with Gasteiger partial charge in [0.05, 0.1) is 12.2 Å². The van der Waals surface area contributed by atoms with Gasteiger partial charge in [0.25, 0.3) is 0 Å². The Morgan fingerprint density at radius 1 is 1.23 bits per heavy atom.